The molecule has 1 aromatic carbocycles. The minimum atomic E-state index is -0.527. The molecule has 3 heterocycles. The van der Waals surface area contributed by atoms with Gasteiger partial charge in [-0.15, -0.1) is 0 Å². The van der Waals surface area contributed by atoms with E-state index in [9.17, 15) is 14.4 Å². The minimum absolute atomic E-state index is 0.0926. The number of esters is 1. The van der Waals surface area contributed by atoms with Crippen LogP contribution < -0.4 is 19.7 Å². The quantitative estimate of drug-likeness (QED) is 0.725. The van der Waals surface area contributed by atoms with E-state index in [1.807, 2.05) is 0 Å². The van der Waals surface area contributed by atoms with Crippen LogP contribution in [0.3, 0.4) is 0 Å². The van der Waals surface area contributed by atoms with Crippen molar-refractivity contribution in [2.45, 2.75) is 20.3 Å². The summed E-state index contributed by atoms with van der Waals surface area (Å²) >= 11 is 1.06. The Bertz CT molecular complexity index is 1000. The van der Waals surface area contributed by atoms with Crippen molar-refractivity contribution in [3.63, 3.8) is 0 Å². The van der Waals surface area contributed by atoms with Gasteiger partial charge in [0.05, 0.1) is 18.2 Å². The Labute approximate surface area is 176 Å². The predicted octanol–water partition coefficient (Wildman–Crippen LogP) is 2.39. The van der Waals surface area contributed by atoms with E-state index in [4.69, 9.17) is 14.2 Å². The van der Waals surface area contributed by atoms with E-state index >= 15 is 0 Å². The molecule has 1 atom stereocenters. The lowest BCUT2D eigenvalue weighted by molar-refractivity contribution is -0.122. The lowest BCUT2D eigenvalue weighted by Crippen LogP contribution is -2.28. The Balaban J connectivity index is 1.43. The van der Waals surface area contributed by atoms with E-state index < -0.39 is 11.9 Å². The molecular formula is C20H21N3O6S. The number of fused-ring (bicyclic) bond motifs is 1. The maximum Gasteiger partial charge on any atom is 0.350 e. The van der Waals surface area contributed by atoms with Gasteiger partial charge in [-0.25, -0.2) is 9.78 Å². The Morgan fingerprint density at radius 2 is 2.07 bits per heavy atom. The third-order valence-electron chi connectivity index (χ3n) is 4.82. The summed E-state index contributed by atoms with van der Waals surface area (Å²) in [6.07, 6.45) is 0.0926. The molecule has 158 valence electrons. The number of nitrogens with one attached hydrogen (secondary N) is 1. The van der Waals surface area contributed by atoms with Gasteiger partial charge in [0, 0.05) is 24.7 Å². The van der Waals surface area contributed by atoms with E-state index in [0.717, 1.165) is 11.3 Å². The first-order chi connectivity index (χ1) is 14.5. The molecule has 30 heavy (non-hydrogen) atoms. The predicted molar refractivity (Wildman–Crippen MR) is 109 cm³/mol. The number of hydrogen-bond donors (Lipinski definition) is 1. The fourth-order valence-corrected chi connectivity index (χ4v) is 4.24. The summed E-state index contributed by atoms with van der Waals surface area (Å²) in [5.74, 6) is -0.219. The zero-order chi connectivity index (χ0) is 21.3. The number of ether oxygens (including phenoxy) is 3. The number of carbonyl (C=O) groups is 3. The molecule has 10 heteroatoms. The van der Waals surface area contributed by atoms with Gasteiger partial charge in [-0.05, 0) is 26.0 Å². The number of aromatic nitrogens is 1. The summed E-state index contributed by atoms with van der Waals surface area (Å²) in [5, 5.41) is 3.03. The van der Waals surface area contributed by atoms with Gasteiger partial charge in [0.15, 0.2) is 16.6 Å². The third-order valence-corrected chi connectivity index (χ3v) is 5.87. The van der Waals surface area contributed by atoms with Crippen LogP contribution in [0.25, 0.3) is 0 Å². The molecule has 2 aliphatic rings. The van der Waals surface area contributed by atoms with Gasteiger partial charge >= 0.3 is 5.97 Å². The number of anilines is 2. The first kappa shape index (κ1) is 20.1. The number of hydrogen-bond acceptors (Lipinski definition) is 8. The fourth-order valence-electron chi connectivity index (χ4n) is 3.38. The zero-order valence-corrected chi connectivity index (χ0v) is 17.4. The molecule has 0 saturated carbocycles. The Morgan fingerprint density at radius 1 is 1.30 bits per heavy atom. The Hall–Kier alpha value is -3.14. The van der Waals surface area contributed by atoms with E-state index in [0.29, 0.717) is 46.1 Å². The first-order valence-corrected chi connectivity index (χ1v) is 10.4. The van der Waals surface area contributed by atoms with Crippen LogP contribution in [0.15, 0.2) is 18.2 Å². The number of carbonyl (C=O) groups excluding carboxylic acids is 3. The second-order valence-electron chi connectivity index (χ2n) is 6.88. The average Bonchev–Trinajstić information content (AvgIpc) is 3.30. The van der Waals surface area contributed by atoms with Crippen molar-refractivity contribution in [2.75, 3.05) is 36.6 Å². The standard InChI is InChI=1S/C20H21N3O6S/c1-3-27-19(26)17-11(2)21-20(30-17)22-18(25)12-8-16(24)23(10-12)13-4-5-14-15(9-13)29-7-6-28-14/h4-5,9,12H,3,6-8,10H2,1-2H3,(H,21,22,25)/t12-/m1/s1. The average molecular weight is 431 g/mol. The summed E-state index contributed by atoms with van der Waals surface area (Å²) in [6.45, 7) is 4.86. The summed E-state index contributed by atoms with van der Waals surface area (Å²) in [4.78, 5) is 43.3. The molecule has 1 N–H and O–H groups in total. The van der Waals surface area contributed by atoms with Crippen molar-refractivity contribution in [3.8, 4) is 11.5 Å². The Kier molecular flexibility index (Phi) is 5.58. The van der Waals surface area contributed by atoms with Crippen LogP contribution in [0, 0.1) is 12.8 Å². The molecule has 1 aromatic heterocycles. The third kappa shape index (κ3) is 3.95. The van der Waals surface area contributed by atoms with Crippen LogP contribution in [0.4, 0.5) is 10.8 Å². The lowest BCUT2D eigenvalue weighted by atomic mass is 10.1. The molecule has 0 radical (unpaired) electrons. The van der Waals surface area contributed by atoms with Gasteiger partial charge in [-0.2, -0.15) is 0 Å². The monoisotopic (exact) mass is 431 g/mol. The Morgan fingerprint density at radius 3 is 2.83 bits per heavy atom. The van der Waals surface area contributed by atoms with Crippen LogP contribution >= 0.6 is 11.3 Å². The topological polar surface area (TPSA) is 107 Å². The van der Waals surface area contributed by atoms with Crippen molar-refractivity contribution in [1.82, 2.24) is 4.98 Å². The number of nitrogens with zero attached hydrogens (tertiary/aromatic N) is 2. The van der Waals surface area contributed by atoms with E-state index in [-0.39, 0.29) is 31.4 Å². The highest BCUT2D eigenvalue weighted by Crippen LogP contribution is 2.36. The highest BCUT2D eigenvalue weighted by Gasteiger charge is 2.36. The number of thiazole rings is 1. The van der Waals surface area contributed by atoms with Crippen molar-refractivity contribution >= 4 is 39.9 Å². The van der Waals surface area contributed by atoms with Crippen molar-refractivity contribution in [3.05, 3.63) is 28.8 Å². The van der Waals surface area contributed by atoms with Gasteiger partial charge in [-0.1, -0.05) is 11.3 Å². The summed E-state index contributed by atoms with van der Waals surface area (Å²) in [7, 11) is 0. The van der Waals surface area contributed by atoms with Gasteiger partial charge in [-0.3, -0.25) is 9.59 Å². The molecule has 0 aliphatic carbocycles. The molecule has 9 nitrogen and oxygen atoms in total. The molecule has 0 bridgehead atoms. The maximum atomic E-state index is 12.7. The van der Waals surface area contributed by atoms with E-state index in [1.54, 1.807) is 36.9 Å². The van der Waals surface area contributed by atoms with Crippen LogP contribution in [-0.2, 0) is 14.3 Å². The van der Waals surface area contributed by atoms with Crippen LogP contribution in [-0.4, -0.2) is 49.1 Å². The highest BCUT2D eigenvalue weighted by molar-refractivity contribution is 7.17. The smallest absolute Gasteiger partial charge is 0.350 e. The minimum Gasteiger partial charge on any atom is -0.486 e. The van der Waals surface area contributed by atoms with Crippen molar-refractivity contribution in [1.29, 1.82) is 0 Å². The molecule has 0 unspecified atom stereocenters. The second kappa shape index (κ2) is 8.31. The van der Waals surface area contributed by atoms with Gasteiger partial charge in [0.2, 0.25) is 11.8 Å². The summed E-state index contributed by atoms with van der Waals surface area (Å²) in [5.41, 5.74) is 1.16. The number of aryl methyl sites for hydroxylation is 1. The SMILES string of the molecule is CCOC(=O)c1sc(NC(=O)[C@@H]2CC(=O)N(c3ccc4c(c3)OCCO4)C2)nc1C. The first-order valence-electron chi connectivity index (χ1n) is 9.61. The number of benzene rings is 1. The largest absolute Gasteiger partial charge is 0.486 e. The van der Waals surface area contributed by atoms with Crippen molar-refractivity contribution < 1.29 is 28.6 Å². The molecular weight excluding hydrogens is 410 g/mol. The van der Waals surface area contributed by atoms with Gasteiger partial charge in [0.1, 0.15) is 18.1 Å². The number of rotatable bonds is 5. The lowest BCUT2D eigenvalue weighted by Gasteiger charge is -2.22. The van der Waals surface area contributed by atoms with Crippen LogP contribution in [0.1, 0.15) is 28.7 Å². The van der Waals surface area contributed by atoms with Gasteiger partial charge < -0.3 is 24.4 Å². The second-order valence-corrected chi connectivity index (χ2v) is 7.88. The van der Waals surface area contributed by atoms with E-state index in [1.165, 1.54) is 0 Å². The van der Waals surface area contributed by atoms with Crippen LogP contribution in [0.2, 0.25) is 0 Å². The number of amides is 2. The molecule has 2 amide bonds. The summed E-state index contributed by atoms with van der Waals surface area (Å²) in [6, 6.07) is 5.30. The molecule has 0 spiro atoms. The van der Waals surface area contributed by atoms with E-state index in [2.05, 4.69) is 10.3 Å². The molecule has 2 aromatic rings. The summed E-state index contributed by atoms with van der Waals surface area (Å²) < 4.78 is 16.1. The normalized spacial score (nSPS) is 17.7. The molecule has 1 fully saturated rings. The van der Waals surface area contributed by atoms with Gasteiger partial charge in [0.25, 0.3) is 0 Å². The zero-order valence-electron chi connectivity index (χ0n) is 16.6. The highest BCUT2D eigenvalue weighted by atomic mass is 32.1. The van der Waals surface area contributed by atoms with Crippen LogP contribution in [0.5, 0.6) is 11.5 Å². The molecule has 2 aliphatic heterocycles. The fraction of sp³-hybridized carbons (Fsp3) is 0.400. The molecule has 1 saturated heterocycles. The molecule has 4 rings (SSSR count). The van der Waals surface area contributed by atoms with Crippen molar-refractivity contribution in [2.24, 2.45) is 5.92 Å². The maximum absolute atomic E-state index is 12.7.